The first kappa shape index (κ1) is 15.9. The van der Waals surface area contributed by atoms with Crippen molar-refractivity contribution in [2.45, 2.75) is 13.0 Å². The van der Waals surface area contributed by atoms with Gasteiger partial charge in [-0.15, -0.1) is 0 Å². The molecule has 4 rings (SSSR count). The van der Waals surface area contributed by atoms with E-state index in [9.17, 15) is 4.79 Å². The van der Waals surface area contributed by atoms with Gasteiger partial charge in [0.25, 0.3) is 0 Å². The molecule has 1 saturated heterocycles. The van der Waals surface area contributed by atoms with Crippen LogP contribution in [0.5, 0.6) is 5.88 Å². The van der Waals surface area contributed by atoms with Gasteiger partial charge in [-0.25, -0.2) is 14.8 Å². The number of morpholine rings is 1. The van der Waals surface area contributed by atoms with Crippen LogP contribution in [0.25, 0.3) is 11.4 Å². The summed E-state index contributed by atoms with van der Waals surface area (Å²) in [5.74, 6) is 1.35. The number of nitrogens with zero attached hydrogens (tertiary/aromatic N) is 4. The van der Waals surface area contributed by atoms with Gasteiger partial charge in [0.05, 0.1) is 38.3 Å². The van der Waals surface area contributed by atoms with Crippen LogP contribution in [0.4, 0.5) is 4.79 Å². The molecule has 0 radical (unpaired) electrons. The van der Waals surface area contributed by atoms with Crippen LogP contribution < -0.4 is 4.74 Å². The number of aromatic amines is 1. The number of pyridine rings is 1. The maximum Gasteiger partial charge on any atom is 0.320 e. The lowest BCUT2D eigenvalue weighted by atomic mass is 10.1. The first-order chi connectivity index (χ1) is 12.2. The Hall–Kier alpha value is -2.61. The number of imidazole rings is 1. The maximum atomic E-state index is 12.6. The summed E-state index contributed by atoms with van der Waals surface area (Å²) in [5, 5.41) is 0. The van der Waals surface area contributed by atoms with Gasteiger partial charge in [0.2, 0.25) is 5.88 Å². The zero-order valence-corrected chi connectivity index (χ0v) is 14.2. The molecule has 0 aliphatic carbocycles. The van der Waals surface area contributed by atoms with Crippen LogP contribution in [0.3, 0.4) is 0 Å². The van der Waals surface area contributed by atoms with Crippen LogP contribution in [-0.4, -0.2) is 70.7 Å². The number of aromatic nitrogens is 3. The highest BCUT2D eigenvalue weighted by atomic mass is 16.5. The molecule has 0 atom stereocenters. The lowest BCUT2D eigenvalue weighted by Crippen LogP contribution is -2.49. The van der Waals surface area contributed by atoms with Crippen molar-refractivity contribution >= 4 is 6.03 Å². The largest absolute Gasteiger partial charge is 0.481 e. The second kappa shape index (κ2) is 6.72. The lowest BCUT2D eigenvalue weighted by molar-refractivity contribution is 0.0420. The fraction of sp³-hybridized carbons (Fsp3) is 0.471. The highest BCUT2D eigenvalue weighted by Crippen LogP contribution is 2.24. The van der Waals surface area contributed by atoms with E-state index in [0.717, 1.165) is 29.2 Å². The van der Waals surface area contributed by atoms with Gasteiger partial charge in [0, 0.05) is 43.9 Å². The second-order valence-corrected chi connectivity index (χ2v) is 6.15. The van der Waals surface area contributed by atoms with Crippen molar-refractivity contribution in [3.63, 3.8) is 0 Å². The second-order valence-electron chi connectivity index (χ2n) is 6.15. The van der Waals surface area contributed by atoms with E-state index >= 15 is 0 Å². The van der Waals surface area contributed by atoms with E-state index in [1.165, 1.54) is 0 Å². The lowest BCUT2D eigenvalue weighted by Gasteiger charge is -2.34. The summed E-state index contributed by atoms with van der Waals surface area (Å²) >= 11 is 0. The van der Waals surface area contributed by atoms with Crippen molar-refractivity contribution in [3.05, 3.63) is 29.7 Å². The van der Waals surface area contributed by atoms with Crippen molar-refractivity contribution in [1.82, 2.24) is 24.8 Å². The molecular weight excluding hydrogens is 322 g/mol. The standard InChI is InChI=1S/C17H21N5O3/c1-24-15-3-2-12(10-18-15)16-19-13-4-5-22(11-14(13)20-16)17(23)21-6-8-25-9-7-21/h2-3,10H,4-9,11H2,1H3,(H,19,20). The number of nitrogens with one attached hydrogen (secondary N) is 1. The molecule has 2 aliphatic rings. The van der Waals surface area contributed by atoms with Crippen LogP contribution in [0, 0.1) is 0 Å². The van der Waals surface area contributed by atoms with Crippen molar-refractivity contribution in [1.29, 1.82) is 0 Å². The molecular formula is C17H21N5O3. The molecule has 25 heavy (non-hydrogen) atoms. The van der Waals surface area contributed by atoms with Gasteiger partial charge in [-0.3, -0.25) is 0 Å². The van der Waals surface area contributed by atoms with E-state index in [4.69, 9.17) is 9.47 Å². The molecule has 4 heterocycles. The number of urea groups is 1. The Balaban J connectivity index is 1.49. The molecule has 2 amide bonds. The molecule has 8 nitrogen and oxygen atoms in total. The molecule has 8 heteroatoms. The van der Waals surface area contributed by atoms with Gasteiger partial charge in [0.1, 0.15) is 5.82 Å². The van der Waals surface area contributed by atoms with E-state index in [-0.39, 0.29) is 6.03 Å². The Labute approximate surface area is 145 Å². The average Bonchev–Trinajstić information content (AvgIpc) is 3.11. The Bertz CT molecular complexity index is 752. The van der Waals surface area contributed by atoms with Gasteiger partial charge in [-0.1, -0.05) is 0 Å². The zero-order chi connectivity index (χ0) is 17.2. The Morgan fingerprint density at radius 2 is 2.08 bits per heavy atom. The third kappa shape index (κ3) is 3.17. The molecule has 0 saturated carbocycles. The van der Waals surface area contributed by atoms with Gasteiger partial charge in [0.15, 0.2) is 0 Å². The minimum Gasteiger partial charge on any atom is -0.481 e. The van der Waals surface area contributed by atoms with Crippen LogP contribution >= 0.6 is 0 Å². The quantitative estimate of drug-likeness (QED) is 0.888. The summed E-state index contributed by atoms with van der Waals surface area (Å²) in [6, 6.07) is 3.81. The smallest absolute Gasteiger partial charge is 0.320 e. The van der Waals surface area contributed by atoms with Crippen LogP contribution in [0.2, 0.25) is 0 Å². The summed E-state index contributed by atoms with van der Waals surface area (Å²) in [6.45, 7) is 3.80. The molecule has 0 bridgehead atoms. The summed E-state index contributed by atoms with van der Waals surface area (Å²) in [7, 11) is 1.59. The van der Waals surface area contributed by atoms with Crippen molar-refractivity contribution < 1.29 is 14.3 Å². The molecule has 2 aromatic rings. The van der Waals surface area contributed by atoms with Crippen molar-refractivity contribution in [3.8, 4) is 17.3 Å². The number of carbonyl (C=O) groups is 1. The van der Waals surface area contributed by atoms with Gasteiger partial charge in [-0.2, -0.15) is 0 Å². The normalized spacial score (nSPS) is 17.3. The molecule has 1 N–H and O–H groups in total. The monoisotopic (exact) mass is 343 g/mol. The first-order valence-corrected chi connectivity index (χ1v) is 8.44. The fourth-order valence-electron chi connectivity index (χ4n) is 3.19. The van der Waals surface area contributed by atoms with Crippen LogP contribution in [-0.2, 0) is 17.7 Å². The number of rotatable bonds is 2. The Kier molecular flexibility index (Phi) is 4.27. The van der Waals surface area contributed by atoms with Crippen molar-refractivity contribution in [2.24, 2.45) is 0 Å². The number of carbonyl (C=O) groups excluding carboxylic acids is 1. The topological polar surface area (TPSA) is 83.6 Å². The van der Waals surface area contributed by atoms with E-state index < -0.39 is 0 Å². The molecule has 0 unspecified atom stereocenters. The highest BCUT2D eigenvalue weighted by Gasteiger charge is 2.28. The third-order valence-electron chi connectivity index (χ3n) is 4.60. The Morgan fingerprint density at radius 3 is 2.80 bits per heavy atom. The average molecular weight is 343 g/mol. The number of H-pyrrole nitrogens is 1. The summed E-state index contributed by atoms with van der Waals surface area (Å²) in [6.07, 6.45) is 2.49. The predicted molar refractivity (Wildman–Crippen MR) is 90.3 cm³/mol. The molecule has 0 spiro atoms. The zero-order valence-electron chi connectivity index (χ0n) is 14.2. The van der Waals surface area contributed by atoms with Crippen LogP contribution in [0.1, 0.15) is 11.4 Å². The number of amides is 2. The molecule has 2 aromatic heterocycles. The molecule has 2 aliphatic heterocycles. The molecule has 1 fully saturated rings. The molecule has 132 valence electrons. The fourth-order valence-corrected chi connectivity index (χ4v) is 3.19. The van der Waals surface area contributed by atoms with E-state index in [1.807, 2.05) is 21.9 Å². The number of methoxy groups -OCH3 is 1. The SMILES string of the molecule is COc1ccc(-c2nc3c([nH]2)CN(C(=O)N2CCOCC2)CC3)cn1. The van der Waals surface area contributed by atoms with E-state index in [0.29, 0.717) is 45.3 Å². The number of fused-ring (bicyclic) bond motifs is 1. The van der Waals surface area contributed by atoms with Crippen LogP contribution in [0.15, 0.2) is 18.3 Å². The highest BCUT2D eigenvalue weighted by molar-refractivity contribution is 5.75. The number of ether oxygens (including phenoxy) is 2. The number of hydrogen-bond acceptors (Lipinski definition) is 5. The first-order valence-electron chi connectivity index (χ1n) is 8.44. The maximum absolute atomic E-state index is 12.6. The predicted octanol–water partition coefficient (Wildman–Crippen LogP) is 1.29. The minimum absolute atomic E-state index is 0.0798. The van der Waals surface area contributed by atoms with E-state index in [2.05, 4.69) is 15.0 Å². The Morgan fingerprint density at radius 1 is 1.24 bits per heavy atom. The third-order valence-corrected chi connectivity index (χ3v) is 4.60. The van der Waals surface area contributed by atoms with Gasteiger partial charge >= 0.3 is 6.03 Å². The van der Waals surface area contributed by atoms with Gasteiger partial charge < -0.3 is 24.3 Å². The van der Waals surface area contributed by atoms with Crippen molar-refractivity contribution in [2.75, 3.05) is 40.0 Å². The summed E-state index contributed by atoms with van der Waals surface area (Å²) < 4.78 is 10.4. The summed E-state index contributed by atoms with van der Waals surface area (Å²) in [5.41, 5.74) is 2.93. The summed E-state index contributed by atoms with van der Waals surface area (Å²) in [4.78, 5) is 28.6. The molecule has 0 aromatic carbocycles. The number of hydrogen-bond donors (Lipinski definition) is 1. The minimum atomic E-state index is 0.0798. The van der Waals surface area contributed by atoms with E-state index in [1.54, 1.807) is 13.3 Å². The van der Waals surface area contributed by atoms with Gasteiger partial charge in [-0.05, 0) is 6.07 Å².